The number of rotatable bonds is 3. The van der Waals surface area contributed by atoms with Crippen LogP contribution in [-0.2, 0) is 6.42 Å². The summed E-state index contributed by atoms with van der Waals surface area (Å²) >= 11 is 7.01. The van der Waals surface area contributed by atoms with Gasteiger partial charge in [-0.25, -0.2) is 0 Å². The van der Waals surface area contributed by atoms with Crippen molar-refractivity contribution in [1.82, 2.24) is 0 Å². The Morgan fingerprint density at radius 3 is 2.35 bits per heavy atom. The molecule has 0 aliphatic carbocycles. The van der Waals surface area contributed by atoms with Crippen molar-refractivity contribution in [2.75, 3.05) is 0 Å². The highest BCUT2D eigenvalue weighted by molar-refractivity contribution is 9.11. The van der Waals surface area contributed by atoms with E-state index in [0.717, 1.165) is 15.4 Å². The van der Waals surface area contributed by atoms with Crippen LogP contribution in [-0.4, -0.2) is 0 Å². The Bertz CT molecular complexity index is 497. The third kappa shape index (κ3) is 3.41. The van der Waals surface area contributed by atoms with Crippen LogP contribution in [0, 0.1) is 0 Å². The van der Waals surface area contributed by atoms with E-state index in [1.807, 2.05) is 30.3 Å². The predicted octanol–water partition coefficient (Wildman–Crippen LogP) is 4.45. The molecule has 0 bridgehead atoms. The lowest BCUT2D eigenvalue weighted by Gasteiger charge is -2.13. The summed E-state index contributed by atoms with van der Waals surface area (Å²) in [5, 5.41) is 0. The SMILES string of the molecule is NC(Cc1ccc(Br)cc1Br)c1ccccc1. The molecular formula is C14H13Br2N. The molecule has 2 rings (SSSR count). The van der Waals surface area contributed by atoms with E-state index < -0.39 is 0 Å². The summed E-state index contributed by atoms with van der Waals surface area (Å²) in [4.78, 5) is 0. The van der Waals surface area contributed by atoms with Crippen molar-refractivity contribution in [2.45, 2.75) is 12.5 Å². The molecule has 1 unspecified atom stereocenters. The molecule has 0 saturated heterocycles. The fourth-order valence-electron chi connectivity index (χ4n) is 1.74. The van der Waals surface area contributed by atoms with Crippen molar-refractivity contribution < 1.29 is 0 Å². The summed E-state index contributed by atoms with van der Waals surface area (Å²) in [6.07, 6.45) is 0.831. The van der Waals surface area contributed by atoms with E-state index in [0.29, 0.717) is 0 Å². The van der Waals surface area contributed by atoms with Crippen LogP contribution in [0.15, 0.2) is 57.5 Å². The summed E-state index contributed by atoms with van der Waals surface area (Å²) in [6.45, 7) is 0. The lowest BCUT2D eigenvalue weighted by Crippen LogP contribution is -2.13. The monoisotopic (exact) mass is 353 g/mol. The van der Waals surface area contributed by atoms with Gasteiger partial charge in [0.05, 0.1) is 0 Å². The van der Waals surface area contributed by atoms with Gasteiger partial charge in [-0.2, -0.15) is 0 Å². The van der Waals surface area contributed by atoms with Crippen LogP contribution in [0.1, 0.15) is 17.2 Å². The summed E-state index contributed by atoms with van der Waals surface area (Å²) in [5.74, 6) is 0. The van der Waals surface area contributed by atoms with Gasteiger partial charge in [0.1, 0.15) is 0 Å². The van der Waals surface area contributed by atoms with Crippen LogP contribution >= 0.6 is 31.9 Å². The first-order valence-corrected chi connectivity index (χ1v) is 7.00. The molecule has 2 N–H and O–H groups in total. The largest absolute Gasteiger partial charge is 0.324 e. The summed E-state index contributed by atoms with van der Waals surface area (Å²) < 4.78 is 2.17. The van der Waals surface area contributed by atoms with Crippen molar-refractivity contribution in [1.29, 1.82) is 0 Å². The fourth-order valence-corrected chi connectivity index (χ4v) is 2.95. The average molecular weight is 355 g/mol. The normalized spacial score (nSPS) is 12.4. The van der Waals surface area contributed by atoms with Crippen LogP contribution in [0.4, 0.5) is 0 Å². The van der Waals surface area contributed by atoms with Gasteiger partial charge < -0.3 is 5.73 Å². The topological polar surface area (TPSA) is 26.0 Å². The summed E-state index contributed by atoms with van der Waals surface area (Å²) in [7, 11) is 0. The first-order valence-electron chi connectivity index (χ1n) is 5.41. The molecule has 0 fully saturated rings. The maximum absolute atomic E-state index is 6.20. The van der Waals surface area contributed by atoms with Crippen LogP contribution in [0.2, 0.25) is 0 Å². The van der Waals surface area contributed by atoms with Gasteiger partial charge in [-0.05, 0) is 29.7 Å². The predicted molar refractivity (Wildman–Crippen MR) is 78.9 cm³/mol. The maximum Gasteiger partial charge on any atom is 0.0336 e. The van der Waals surface area contributed by atoms with Crippen molar-refractivity contribution >= 4 is 31.9 Å². The lowest BCUT2D eigenvalue weighted by molar-refractivity contribution is 0.720. The van der Waals surface area contributed by atoms with Crippen molar-refractivity contribution in [3.05, 3.63) is 68.6 Å². The van der Waals surface area contributed by atoms with E-state index >= 15 is 0 Å². The maximum atomic E-state index is 6.20. The van der Waals surface area contributed by atoms with Crippen LogP contribution < -0.4 is 5.73 Å². The minimum Gasteiger partial charge on any atom is -0.324 e. The van der Waals surface area contributed by atoms with Gasteiger partial charge in [0, 0.05) is 15.0 Å². The Kier molecular flexibility index (Phi) is 4.37. The highest BCUT2D eigenvalue weighted by Crippen LogP contribution is 2.25. The van der Waals surface area contributed by atoms with Crippen molar-refractivity contribution in [3.63, 3.8) is 0 Å². The number of hydrogen-bond acceptors (Lipinski definition) is 1. The van der Waals surface area contributed by atoms with Crippen LogP contribution in [0.25, 0.3) is 0 Å². The van der Waals surface area contributed by atoms with Gasteiger partial charge in [0.15, 0.2) is 0 Å². The Morgan fingerprint density at radius 2 is 1.71 bits per heavy atom. The Morgan fingerprint density at radius 1 is 1.00 bits per heavy atom. The third-order valence-corrected chi connectivity index (χ3v) is 3.91. The Labute approximate surface area is 118 Å². The zero-order valence-corrected chi connectivity index (χ0v) is 12.4. The molecule has 2 aromatic carbocycles. The van der Waals surface area contributed by atoms with Gasteiger partial charge in [0.25, 0.3) is 0 Å². The first kappa shape index (κ1) is 12.8. The first-order chi connectivity index (χ1) is 8.16. The van der Waals surface area contributed by atoms with Crippen LogP contribution in [0.5, 0.6) is 0 Å². The van der Waals surface area contributed by atoms with Gasteiger partial charge in [-0.1, -0.05) is 68.3 Å². The lowest BCUT2D eigenvalue weighted by atomic mass is 10.00. The van der Waals surface area contributed by atoms with E-state index in [9.17, 15) is 0 Å². The number of nitrogens with two attached hydrogens (primary N) is 1. The van der Waals surface area contributed by atoms with Crippen molar-refractivity contribution in [2.24, 2.45) is 5.73 Å². The van der Waals surface area contributed by atoms with E-state index in [4.69, 9.17) is 5.73 Å². The van der Waals surface area contributed by atoms with Crippen LogP contribution in [0.3, 0.4) is 0 Å². The third-order valence-electron chi connectivity index (χ3n) is 2.68. The minimum atomic E-state index is 0.0358. The standard InChI is InChI=1S/C14H13Br2N/c15-12-7-6-11(13(16)9-12)8-14(17)10-4-2-1-3-5-10/h1-7,9,14H,8,17H2. The molecule has 17 heavy (non-hydrogen) atoms. The molecule has 0 radical (unpaired) electrons. The van der Waals surface area contributed by atoms with Gasteiger partial charge in [-0.3, -0.25) is 0 Å². The van der Waals surface area contributed by atoms with E-state index in [2.05, 4.69) is 50.1 Å². The molecule has 88 valence electrons. The minimum absolute atomic E-state index is 0.0358. The molecule has 0 saturated carbocycles. The number of halogens is 2. The molecule has 1 atom stereocenters. The molecule has 0 aliphatic heterocycles. The van der Waals surface area contributed by atoms with E-state index in [-0.39, 0.29) is 6.04 Å². The summed E-state index contributed by atoms with van der Waals surface area (Å²) in [6, 6.07) is 16.4. The van der Waals surface area contributed by atoms with Gasteiger partial charge in [0.2, 0.25) is 0 Å². The van der Waals surface area contributed by atoms with E-state index in [1.165, 1.54) is 11.1 Å². The number of benzene rings is 2. The summed E-state index contributed by atoms with van der Waals surface area (Å²) in [5.41, 5.74) is 8.60. The Hall–Kier alpha value is -0.640. The highest BCUT2D eigenvalue weighted by Gasteiger charge is 2.09. The molecule has 2 aromatic rings. The van der Waals surface area contributed by atoms with E-state index in [1.54, 1.807) is 0 Å². The van der Waals surface area contributed by atoms with Gasteiger partial charge >= 0.3 is 0 Å². The molecule has 3 heteroatoms. The average Bonchev–Trinajstić information content (AvgIpc) is 2.34. The Balaban J connectivity index is 2.16. The molecule has 0 heterocycles. The second-order valence-electron chi connectivity index (χ2n) is 3.96. The molecule has 0 amide bonds. The molecule has 0 aliphatic rings. The quantitative estimate of drug-likeness (QED) is 0.865. The molecule has 0 spiro atoms. The zero-order chi connectivity index (χ0) is 12.3. The highest BCUT2D eigenvalue weighted by atomic mass is 79.9. The molecule has 1 nitrogen and oxygen atoms in total. The molecule has 0 aromatic heterocycles. The number of hydrogen-bond donors (Lipinski definition) is 1. The fraction of sp³-hybridized carbons (Fsp3) is 0.143. The second kappa shape index (κ2) is 5.80. The van der Waals surface area contributed by atoms with Gasteiger partial charge in [-0.15, -0.1) is 0 Å². The smallest absolute Gasteiger partial charge is 0.0336 e. The molecular weight excluding hydrogens is 342 g/mol. The zero-order valence-electron chi connectivity index (χ0n) is 9.24. The van der Waals surface area contributed by atoms with Crippen molar-refractivity contribution in [3.8, 4) is 0 Å². The second-order valence-corrected chi connectivity index (χ2v) is 5.73.